The summed E-state index contributed by atoms with van der Waals surface area (Å²) in [6.07, 6.45) is 6.44. The Balaban J connectivity index is 1.92. The number of carbonyl (C=O) groups is 2. The van der Waals surface area contributed by atoms with E-state index in [1.165, 1.54) is 0 Å². The standard InChI is InChI=1S/C16H16N6O2/c1-11(13-3-7-17-8-4-13)19-21-15(23)16(24)22-20-12(2)14-5-9-18-10-6-14/h3-10H,1-2H3,(H,21,23)(H,22,24)/b19-11+,20-12+. The maximum atomic E-state index is 11.7. The molecule has 2 heterocycles. The van der Waals surface area contributed by atoms with Crippen LogP contribution in [0.15, 0.2) is 59.3 Å². The zero-order chi connectivity index (χ0) is 17.4. The molecule has 0 aromatic carbocycles. The van der Waals surface area contributed by atoms with Crippen molar-refractivity contribution in [2.24, 2.45) is 10.2 Å². The van der Waals surface area contributed by atoms with Gasteiger partial charge in [-0.15, -0.1) is 0 Å². The largest absolute Gasteiger partial charge is 0.331 e. The molecule has 0 aliphatic rings. The van der Waals surface area contributed by atoms with Crippen LogP contribution in [0.4, 0.5) is 0 Å². The normalized spacial score (nSPS) is 11.8. The van der Waals surface area contributed by atoms with Crippen LogP contribution in [0.2, 0.25) is 0 Å². The van der Waals surface area contributed by atoms with Gasteiger partial charge < -0.3 is 0 Å². The molecule has 0 atom stereocenters. The lowest BCUT2D eigenvalue weighted by Gasteiger charge is -2.03. The second kappa shape index (κ2) is 8.28. The molecule has 0 saturated heterocycles. The molecule has 0 fully saturated rings. The van der Waals surface area contributed by atoms with Gasteiger partial charge in [-0.2, -0.15) is 10.2 Å². The predicted molar refractivity (Wildman–Crippen MR) is 89.2 cm³/mol. The van der Waals surface area contributed by atoms with E-state index in [1.54, 1.807) is 62.9 Å². The smallest absolute Gasteiger partial charge is 0.265 e. The highest BCUT2D eigenvalue weighted by Gasteiger charge is 2.12. The Morgan fingerprint density at radius 3 is 1.42 bits per heavy atom. The van der Waals surface area contributed by atoms with Gasteiger partial charge in [-0.1, -0.05) is 0 Å². The highest BCUT2D eigenvalue weighted by Crippen LogP contribution is 1.98. The summed E-state index contributed by atoms with van der Waals surface area (Å²) in [6.45, 7) is 3.42. The molecule has 0 bridgehead atoms. The summed E-state index contributed by atoms with van der Waals surface area (Å²) in [6, 6.07) is 6.97. The van der Waals surface area contributed by atoms with Gasteiger partial charge in [0.1, 0.15) is 0 Å². The Morgan fingerprint density at radius 2 is 1.08 bits per heavy atom. The molecular formula is C16H16N6O2. The Kier molecular flexibility index (Phi) is 5.84. The van der Waals surface area contributed by atoms with E-state index in [9.17, 15) is 9.59 Å². The Labute approximate surface area is 138 Å². The lowest BCUT2D eigenvalue weighted by atomic mass is 10.2. The van der Waals surface area contributed by atoms with Crippen molar-refractivity contribution >= 4 is 23.2 Å². The number of hydrogen-bond donors (Lipinski definition) is 2. The number of nitrogens with one attached hydrogen (secondary N) is 2. The second-order valence-electron chi connectivity index (χ2n) is 4.75. The van der Waals surface area contributed by atoms with Crippen LogP contribution in [-0.2, 0) is 9.59 Å². The van der Waals surface area contributed by atoms with E-state index in [2.05, 4.69) is 31.0 Å². The van der Waals surface area contributed by atoms with E-state index in [0.29, 0.717) is 11.4 Å². The van der Waals surface area contributed by atoms with Crippen LogP contribution in [0.5, 0.6) is 0 Å². The Bertz CT molecular complexity index is 704. The van der Waals surface area contributed by atoms with E-state index < -0.39 is 11.8 Å². The van der Waals surface area contributed by atoms with Crippen molar-refractivity contribution in [1.82, 2.24) is 20.8 Å². The molecule has 0 unspecified atom stereocenters. The molecule has 2 amide bonds. The van der Waals surface area contributed by atoms with Crippen LogP contribution in [0.1, 0.15) is 25.0 Å². The third kappa shape index (κ3) is 4.80. The molecule has 2 rings (SSSR count). The van der Waals surface area contributed by atoms with E-state index in [4.69, 9.17) is 0 Å². The lowest BCUT2D eigenvalue weighted by Crippen LogP contribution is -2.36. The van der Waals surface area contributed by atoms with Crippen LogP contribution >= 0.6 is 0 Å². The van der Waals surface area contributed by atoms with Gasteiger partial charge in [0.2, 0.25) is 0 Å². The highest BCUT2D eigenvalue weighted by molar-refractivity contribution is 6.35. The van der Waals surface area contributed by atoms with E-state index >= 15 is 0 Å². The first-order chi connectivity index (χ1) is 11.6. The van der Waals surface area contributed by atoms with Gasteiger partial charge in [0.25, 0.3) is 0 Å². The van der Waals surface area contributed by atoms with Crippen LogP contribution in [-0.4, -0.2) is 33.2 Å². The second-order valence-corrected chi connectivity index (χ2v) is 4.75. The molecule has 0 aliphatic heterocycles. The van der Waals surface area contributed by atoms with Crippen LogP contribution in [0, 0.1) is 0 Å². The number of hydrogen-bond acceptors (Lipinski definition) is 6. The fraction of sp³-hybridized carbons (Fsp3) is 0.125. The molecule has 122 valence electrons. The van der Waals surface area contributed by atoms with Crippen molar-refractivity contribution in [3.63, 3.8) is 0 Å². The number of pyridine rings is 2. The maximum absolute atomic E-state index is 11.7. The number of hydrazone groups is 2. The summed E-state index contributed by atoms with van der Waals surface area (Å²) < 4.78 is 0. The van der Waals surface area contributed by atoms with E-state index in [0.717, 1.165) is 11.1 Å². The fourth-order valence-electron chi connectivity index (χ4n) is 1.69. The van der Waals surface area contributed by atoms with Gasteiger partial charge in [0.05, 0.1) is 11.4 Å². The summed E-state index contributed by atoms with van der Waals surface area (Å²) in [5, 5.41) is 7.74. The van der Waals surface area contributed by atoms with Gasteiger partial charge in [0, 0.05) is 35.9 Å². The molecule has 2 aromatic rings. The monoisotopic (exact) mass is 324 g/mol. The van der Waals surface area contributed by atoms with E-state index in [1.807, 2.05) is 0 Å². The summed E-state index contributed by atoms with van der Waals surface area (Å²) in [5.41, 5.74) is 7.04. The summed E-state index contributed by atoms with van der Waals surface area (Å²) in [7, 11) is 0. The third-order valence-corrected chi connectivity index (χ3v) is 3.05. The highest BCUT2D eigenvalue weighted by atomic mass is 16.2. The molecular weight excluding hydrogens is 308 g/mol. The van der Waals surface area contributed by atoms with Gasteiger partial charge in [0.15, 0.2) is 0 Å². The fourth-order valence-corrected chi connectivity index (χ4v) is 1.69. The summed E-state index contributed by atoms with van der Waals surface area (Å²) in [5.74, 6) is -1.82. The zero-order valence-electron chi connectivity index (χ0n) is 13.2. The minimum Gasteiger partial charge on any atom is -0.265 e. The third-order valence-electron chi connectivity index (χ3n) is 3.05. The first-order valence-electron chi connectivity index (χ1n) is 7.07. The SMILES string of the molecule is C/C(=N\NC(=O)C(=O)N/N=C(\C)c1ccncc1)c1ccncc1. The molecule has 0 radical (unpaired) electrons. The Morgan fingerprint density at radius 1 is 0.750 bits per heavy atom. The van der Waals surface area contributed by atoms with Crippen LogP contribution in [0.25, 0.3) is 0 Å². The van der Waals surface area contributed by atoms with Gasteiger partial charge >= 0.3 is 11.8 Å². The van der Waals surface area contributed by atoms with Crippen molar-refractivity contribution < 1.29 is 9.59 Å². The molecule has 8 heteroatoms. The number of rotatable bonds is 4. The van der Waals surface area contributed by atoms with Crippen LogP contribution < -0.4 is 10.9 Å². The van der Waals surface area contributed by atoms with Crippen molar-refractivity contribution in [1.29, 1.82) is 0 Å². The number of nitrogens with zero attached hydrogens (tertiary/aromatic N) is 4. The van der Waals surface area contributed by atoms with Crippen molar-refractivity contribution in [2.75, 3.05) is 0 Å². The number of aromatic nitrogens is 2. The first kappa shape index (κ1) is 16.9. The molecule has 8 nitrogen and oxygen atoms in total. The van der Waals surface area contributed by atoms with Crippen LogP contribution in [0.3, 0.4) is 0 Å². The minimum absolute atomic E-state index is 0.551. The zero-order valence-corrected chi connectivity index (χ0v) is 13.2. The number of amides is 2. The molecule has 0 spiro atoms. The lowest BCUT2D eigenvalue weighted by molar-refractivity contribution is -0.139. The van der Waals surface area contributed by atoms with Crippen molar-refractivity contribution in [3.05, 3.63) is 60.2 Å². The molecule has 24 heavy (non-hydrogen) atoms. The van der Waals surface area contributed by atoms with Crippen molar-refractivity contribution in [3.8, 4) is 0 Å². The topological polar surface area (TPSA) is 109 Å². The first-order valence-corrected chi connectivity index (χ1v) is 7.07. The molecule has 2 aromatic heterocycles. The predicted octanol–water partition coefficient (Wildman–Crippen LogP) is 0.857. The van der Waals surface area contributed by atoms with E-state index in [-0.39, 0.29) is 0 Å². The summed E-state index contributed by atoms with van der Waals surface area (Å²) >= 11 is 0. The minimum atomic E-state index is -0.908. The van der Waals surface area contributed by atoms with Crippen molar-refractivity contribution in [2.45, 2.75) is 13.8 Å². The van der Waals surface area contributed by atoms with Gasteiger partial charge in [-0.25, -0.2) is 10.9 Å². The summed E-state index contributed by atoms with van der Waals surface area (Å²) in [4.78, 5) is 31.2. The van der Waals surface area contributed by atoms with Gasteiger partial charge in [-0.05, 0) is 38.1 Å². The molecule has 2 N–H and O–H groups in total. The maximum Gasteiger partial charge on any atom is 0.331 e. The van der Waals surface area contributed by atoms with Gasteiger partial charge in [-0.3, -0.25) is 19.6 Å². The average molecular weight is 324 g/mol. The molecule has 0 saturated carbocycles. The number of carbonyl (C=O) groups excluding carboxylic acids is 2. The molecule has 0 aliphatic carbocycles. The Hall–Kier alpha value is -3.42. The quantitative estimate of drug-likeness (QED) is 0.494. The average Bonchev–Trinajstić information content (AvgIpc) is 2.64.